The highest BCUT2D eigenvalue weighted by atomic mass is 35.5. The van der Waals surface area contributed by atoms with Gasteiger partial charge in [0.1, 0.15) is 58.6 Å². The first-order chi connectivity index (χ1) is 24.7. The van der Waals surface area contributed by atoms with Crippen LogP contribution in [0.3, 0.4) is 0 Å². The third-order valence-electron chi connectivity index (χ3n) is 8.03. The van der Waals surface area contributed by atoms with Gasteiger partial charge >= 0.3 is 5.97 Å². The Kier molecular flexibility index (Phi) is 13.3. The second kappa shape index (κ2) is 18.0. The number of nitrogens with two attached hydrogens (primary N) is 1. The van der Waals surface area contributed by atoms with Crippen molar-refractivity contribution >= 4 is 52.4 Å². The van der Waals surface area contributed by atoms with Gasteiger partial charge in [0.2, 0.25) is 5.91 Å². The average molecular weight is 744 g/mol. The van der Waals surface area contributed by atoms with Crippen LogP contribution in [0.1, 0.15) is 49.9 Å². The van der Waals surface area contributed by atoms with E-state index in [0.717, 1.165) is 42.2 Å². The molecule has 51 heavy (non-hydrogen) atoms. The summed E-state index contributed by atoms with van der Waals surface area (Å²) in [6.45, 7) is 5.30. The van der Waals surface area contributed by atoms with Gasteiger partial charge in [-0.25, -0.2) is 14.8 Å². The minimum atomic E-state index is -0.786. The quantitative estimate of drug-likeness (QED) is 0.0768. The molecule has 1 saturated heterocycles. The largest absolute Gasteiger partial charge is 0.490 e. The summed E-state index contributed by atoms with van der Waals surface area (Å²) in [6, 6.07) is 18.5. The molecule has 0 bridgehead atoms. The van der Waals surface area contributed by atoms with Gasteiger partial charge in [-0.2, -0.15) is 10.5 Å². The van der Waals surface area contributed by atoms with E-state index in [4.69, 9.17) is 36.8 Å². The summed E-state index contributed by atoms with van der Waals surface area (Å²) in [4.78, 5) is 36.2. The monoisotopic (exact) mass is 743 g/mol. The summed E-state index contributed by atoms with van der Waals surface area (Å²) in [7, 11) is 0. The van der Waals surface area contributed by atoms with Gasteiger partial charge in [0, 0.05) is 40.4 Å². The van der Waals surface area contributed by atoms with Crippen LogP contribution >= 0.6 is 34.7 Å². The second-order valence-corrected chi connectivity index (χ2v) is 14.5. The Morgan fingerprint density at radius 3 is 2.35 bits per heavy atom. The van der Waals surface area contributed by atoms with Crippen LogP contribution in [-0.2, 0) is 20.1 Å². The van der Waals surface area contributed by atoms with E-state index in [0.29, 0.717) is 56.0 Å². The van der Waals surface area contributed by atoms with Crippen molar-refractivity contribution in [3.63, 3.8) is 0 Å². The van der Waals surface area contributed by atoms with Gasteiger partial charge in [0.25, 0.3) is 0 Å². The number of hydrogen-bond acceptors (Lipinski definition) is 12. The third kappa shape index (κ3) is 9.78. The molecule has 5 rings (SSSR count). The summed E-state index contributed by atoms with van der Waals surface area (Å²) in [6.07, 6.45) is 2.42. The van der Waals surface area contributed by atoms with Crippen LogP contribution in [0.4, 0.5) is 5.82 Å². The van der Waals surface area contributed by atoms with E-state index < -0.39 is 17.9 Å². The van der Waals surface area contributed by atoms with Crippen LogP contribution in [-0.4, -0.2) is 60.7 Å². The lowest BCUT2D eigenvalue weighted by Gasteiger charge is -2.22. The number of nitriles is 2. The van der Waals surface area contributed by atoms with Gasteiger partial charge in [-0.05, 0) is 55.0 Å². The first-order valence-electron chi connectivity index (χ1n) is 16.6. The van der Waals surface area contributed by atoms with E-state index >= 15 is 0 Å². The number of rotatable bonds is 15. The highest BCUT2D eigenvalue weighted by Gasteiger charge is 2.27. The zero-order chi connectivity index (χ0) is 36.3. The molecule has 0 aliphatic carbocycles. The SMILES string of the molecule is CC(C)CC(NC(=O)CN)C(=O)OCCOc1ccc(-c2c(C#N)c(SCc3csc(-c4ccc(Cl)cc4)n3)nc(N3CCCC3)c2C#N)cc1. The third-order valence-corrected chi connectivity index (χ3v) is 10.2. The predicted octanol–water partition coefficient (Wildman–Crippen LogP) is 6.57. The number of benzene rings is 2. The number of ether oxygens (including phenoxy) is 2. The maximum Gasteiger partial charge on any atom is 0.328 e. The molecule has 1 fully saturated rings. The molecule has 3 N–H and O–H groups in total. The van der Waals surface area contributed by atoms with E-state index in [9.17, 15) is 20.1 Å². The van der Waals surface area contributed by atoms with Crippen molar-refractivity contribution in [2.24, 2.45) is 11.7 Å². The number of anilines is 1. The molecule has 0 radical (unpaired) electrons. The first-order valence-corrected chi connectivity index (χ1v) is 18.8. The molecule has 2 aromatic carbocycles. The van der Waals surface area contributed by atoms with Gasteiger partial charge in [-0.1, -0.05) is 61.5 Å². The highest BCUT2D eigenvalue weighted by Crippen LogP contribution is 2.40. The van der Waals surface area contributed by atoms with Crippen molar-refractivity contribution in [3.8, 4) is 39.6 Å². The number of nitrogens with zero attached hydrogens (tertiary/aromatic N) is 5. The number of carbonyl (C=O) groups is 2. The molecular weight excluding hydrogens is 706 g/mol. The number of esters is 1. The second-order valence-electron chi connectivity index (χ2n) is 12.2. The van der Waals surface area contributed by atoms with Crippen LogP contribution in [0, 0.1) is 28.6 Å². The minimum Gasteiger partial charge on any atom is -0.490 e. The summed E-state index contributed by atoms with van der Waals surface area (Å²) in [5.41, 5.74) is 9.11. The maximum absolute atomic E-state index is 12.6. The number of halogens is 1. The number of thioether (sulfide) groups is 1. The van der Waals surface area contributed by atoms with Crippen LogP contribution in [0.25, 0.3) is 21.7 Å². The molecule has 0 spiro atoms. The molecule has 2 aromatic heterocycles. The molecule has 1 atom stereocenters. The number of hydrogen-bond donors (Lipinski definition) is 2. The van der Waals surface area contributed by atoms with Crippen molar-refractivity contribution < 1.29 is 19.1 Å². The zero-order valence-corrected chi connectivity index (χ0v) is 30.7. The first kappa shape index (κ1) is 37.6. The number of aromatic nitrogens is 2. The molecule has 4 aromatic rings. The van der Waals surface area contributed by atoms with Gasteiger partial charge in [0.05, 0.1) is 17.8 Å². The van der Waals surface area contributed by atoms with E-state index in [1.807, 2.05) is 43.5 Å². The maximum atomic E-state index is 12.6. The lowest BCUT2D eigenvalue weighted by atomic mass is 9.96. The molecule has 1 amide bonds. The Bertz CT molecular complexity index is 1920. The van der Waals surface area contributed by atoms with Crippen LogP contribution < -0.4 is 20.7 Å². The molecule has 3 heterocycles. The Hall–Kier alpha value is -4.66. The minimum absolute atomic E-state index is 0.0187. The van der Waals surface area contributed by atoms with Crippen LogP contribution in [0.15, 0.2) is 58.9 Å². The van der Waals surface area contributed by atoms with E-state index in [2.05, 4.69) is 22.4 Å². The Balaban J connectivity index is 1.33. The standard InChI is InChI=1S/C37H38ClN7O4S2/c1-23(2)17-31(43-32(46)20-41)37(47)49-16-15-48-28-11-7-24(8-12-28)33-29(18-39)34(45-13-3-4-14-45)44-36(30(33)19-40)51-22-27-21-50-35(42-27)25-5-9-26(38)10-6-25/h5-12,21,23,31H,3-4,13-17,20,22,41H2,1-2H3,(H,43,46). The van der Waals surface area contributed by atoms with E-state index in [1.54, 1.807) is 24.3 Å². The molecular formula is C37H38ClN7O4S2. The molecule has 11 nitrogen and oxygen atoms in total. The number of nitrogens with one attached hydrogen (secondary N) is 1. The van der Waals surface area contributed by atoms with Crippen molar-refractivity contribution in [1.29, 1.82) is 10.5 Å². The summed E-state index contributed by atoms with van der Waals surface area (Å²) >= 11 is 9.02. The predicted molar refractivity (Wildman–Crippen MR) is 200 cm³/mol. The highest BCUT2D eigenvalue weighted by molar-refractivity contribution is 7.98. The van der Waals surface area contributed by atoms with Crippen LogP contribution in [0.5, 0.6) is 5.75 Å². The Morgan fingerprint density at radius 1 is 1.02 bits per heavy atom. The van der Waals surface area contributed by atoms with Crippen molar-refractivity contribution in [1.82, 2.24) is 15.3 Å². The summed E-state index contributed by atoms with van der Waals surface area (Å²) in [5, 5.41) is 27.5. The molecule has 1 aliphatic heterocycles. The Morgan fingerprint density at radius 2 is 1.71 bits per heavy atom. The number of amides is 1. The topological polar surface area (TPSA) is 167 Å². The number of carbonyl (C=O) groups excluding carboxylic acids is 2. The van der Waals surface area contributed by atoms with Crippen molar-refractivity contribution in [2.75, 3.05) is 37.7 Å². The van der Waals surface area contributed by atoms with E-state index in [1.165, 1.54) is 23.1 Å². The number of pyridine rings is 1. The van der Waals surface area contributed by atoms with Crippen molar-refractivity contribution in [3.05, 3.63) is 75.8 Å². The molecule has 264 valence electrons. The van der Waals surface area contributed by atoms with Gasteiger partial charge < -0.3 is 25.4 Å². The molecule has 14 heteroatoms. The fourth-order valence-corrected chi connectivity index (χ4v) is 7.54. The molecule has 0 saturated carbocycles. The fourth-order valence-electron chi connectivity index (χ4n) is 5.61. The van der Waals surface area contributed by atoms with Gasteiger partial charge in [0.15, 0.2) is 0 Å². The fraction of sp³-hybridized carbons (Fsp3) is 0.351. The lowest BCUT2D eigenvalue weighted by molar-refractivity contribution is -0.149. The van der Waals surface area contributed by atoms with Gasteiger partial charge in [-0.3, -0.25) is 4.79 Å². The normalized spacial score (nSPS) is 13.0. The van der Waals surface area contributed by atoms with E-state index in [-0.39, 0.29) is 25.7 Å². The van der Waals surface area contributed by atoms with Gasteiger partial charge in [-0.15, -0.1) is 11.3 Å². The zero-order valence-electron chi connectivity index (χ0n) is 28.4. The van der Waals surface area contributed by atoms with Crippen molar-refractivity contribution in [2.45, 2.75) is 49.9 Å². The number of thiazole rings is 1. The smallest absolute Gasteiger partial charge is 0.328 e. The average Bonchev–Trinajstić information content (AvgIpc) is 3.85. The summed E-state index contributed by atoms with van der Waals surface area (Å²) < 4.78 is 11.2. The molecule has 1 aliphatic rings. The Labute approximate surface area is 310 Å². The lowest BCUT2D eigenvalue weighted by Crippen LogP contribution is -2.45. The van der Waals surface area contributed by atoms with Crippen LogP contribution in [0.2, 0.25) is 5.02 Å². The summed E-state index contributed by atoms with van der Waals surface area (Å²) in [5.74, 6) is 0.772. The molecule has 1 unspecified atom stereocenters.